The molecule has 2 aromatic heterocycles. The van der Waals surface area contributed by atoms with Gasteiger partial charge in [-0.25, -0.2) is 8.42 Å². The molecule has 1 aromatic carbocycles. The number of halogens is 1. The normalized spacial score (nSPS) is 24.4. The van der Waals surface area contributed by atoms with Crippen LogP contribution in [0.4, 0.5) is 5.69 Å². The number of amides is 1. The SMILES string of the molecule is O=C1N(Cc2cc3cc(Cl)ccc3n2CCCS(=O)(=O)N2C[C@H]3C[C@@H]2CN3)c2cnccc2C12CC2. The van der Waals surface area contributed by atoms with Gasteiger partial charge in [0.15, 0.2) is 0 Å². The summed E-state index contributed by atoms with van der Waals surface area (Å²) in [5.74, 6) is 0.252. The molecule has 8 nitrogen and oxygen atoms in total. The second-order valence-corrected chi connectivity index (χ2v) is 13.1. The van der Waals surface area contributed by atoms with Gasteiger partial charge in [0.25, 0.3) is 0 Å². The van der Waals surface area contributed by atoms with Crippen molar-refractivity contribution in [3.63, 3.8) is 0 Å². The molecular weight excluding hydrogens is 498 g/mol. The van der Waals surface area contributed by atoms with Crippen LogP contribution >= 0.6 is 11.6 Å². The second-order valence-electron chi connectivity index (χ2n) is 10.6. The standard InChI is InChI=1S/C26H28ClN5O3S/c27-18-2-3-23-17(10-18)11-21(16-31-24-14-28-7-4-22(24)26(5-6-26)25(31)33)30(23)8-1-9-36(34,35)32-15-19-12-20(32)13-29-19/h2-4,7,10-11,14,19-20,29H,1,5-6,8-9,12-13,15-16H2/t19-,20-/m1/s1. The highest BCUT2D eigenvalue weighted by Crippen LogP contribution is 2.57. The van der Waals surface area contributed by atoms with Crippen LogP contribution in [-0.2, 0) is 33.3 Å². The first-order valence-electron chi connectivity index (χ1n) is 12.6. The lowest BCUT2D eigenvalue weighted by Crippen LogP contribution is -2.47. The molecule has 5 heterocycles. The van der Waals surface area contributed by atoms with Crippen LogP contribution in [0.25, 0.3) is 10.9 Å². The number of sulfonamides is 1. The molecule has 0 unspecified atom stereocenters. The van der Waals surface area contributed by atoms with Gasteiger partial charge in [-0.3, -0.25) is 9.78 Å². The number of piperazine rings is 1. The summed E-state index contributed by atoms with van der Waals surface area (Å²) in [5.41, 5.74) is 3.55. The average Bonchev–Trinajstić information content (AvgIpc) is 3.11. The van der Waals surface area contributed by atoms with Crippen molar-refractivity contribution >= 4 is 44.1 Å². The Morgan fingerprint density at radius 3 is 2.81 bits per heavy atom. The molecule has 3 fully saturated rings. The van der Waals surface area contributed by atoms with Crippen molar-refractivity contribution in [2.45, 2.75) is 56.3 Å². The van der Waals surface area contributed by atoms with E-state index in [4.69, 9.17) is 11.6 Å². The molecule has 2 saturated heterocycles. The number of hydrogen-bond acceptors (Lipinski definition) is 5. The number of pyridine rings is 1. The smallest absolute Gasteiger partial charge is 0.238 e. The first-order chi connectivity index (χ1) is 17.4. The molecule has 1 spiro atoms. The predicted octanol–water partition coefficient (Wildman–Crippen LogP) is 3.03. The highest BCUT2D eigenvalue weighted by molar-refractivity contribution is 7.89. The molecule has 10 heteroatoms. The molecule has 1 N–H and O–H groups in total. The molecule has 7 rings (SSSR count). The van der Waals surface area contributed by atoms with Gasteiger partial charge in [0.2, 0.25) is 15.9 Å². The van der Waals surface area contributed by atoms with Crippen LogP contribution in [0.1, 0.15) is 36.9 Å². The van der Waals surface area contributed by atoms with Gasteiger partial charge < -0.3 is 14.8 Å². The minimum atomic E-state index is -3.31. The summed E-state index contributed by atoms with van der Waals surface area (Å²) >= 11 is 6.28. The molecule has 0 radical (unpaired) electrons. The van der Waals surface area contributed by atoms with E-state index in [0.717, 1.165) is 53.7 Å². The quantitative estimate of drug-likeness (QED) is 0.512. The van der Waals surface area contributed by atoms with Crippen LogP contribution in [0.5, 0.6) is 0 Å². The first kappa shape index (κ1) is 22.7. The molecule has 36 heavy (non-hydrogen) atoms. The Hall–Kier alpha value is -2.46. The predicted molar refractivity (Wildman–Crippen MR) is 139 cm³/mol. The van der Waals surface area contributed by atoms with Gasteiger partial charge >= 0.3 is 0 Å². The van der Waals surface area contributed by atoms with E-state index < -0.39 is 10.0 Å². The van der Waals surface area contributed by atoms with Crippen molar-refractivity contribution in [2.24, 2.45) is 0 Å². The van der Waals surface area contributed by atoms with Crippen LogP contribution in [0.15, 0.2) is 42.7 Å². The van der Waals surface area contributed by atoms with Crippen LogP contribution in [0, 0.1) is 0 Å². The Morgan fingerprint density at radius 2 is 2.06 bits per heavy atom. The van der Waals surface area contributed by atoms with Crippen LogP contribution < -0.4 is 10.2 Å². The maximum atomic E-state index is 13.5. The van der Waals surface area contributed by atoms with Gasteiger partial charge in [-0.05, 0) is 61.6 Å². The maximum absolute atomic E-state index is 13.5. The summed E-state index contributed by atoms with van der Waals surface area (Å²) in [5, 5.41) is 5.00. The van der Waals surface area contributed by atoms with E-state index in [1.165, 1.54) is 0 Å². The van der Waals surface area contributed by atoms with Gasteiger partial charge in [0.1, 0.15) is 0 Å². The summed E-state index contributed by atoms with van der Waals surface area (Å²) < 4.78 is 30.0. The summed E-state index contributed by atoms with van der Waals surface area (Å²) in [6.45, 7) is 2.29. The van der Waals surface area contributed by atoms with E-state index in [-0.39, 0.29) is 23.1 Å². The summed E-state index contributed by atoms with van der Waals surface area (Å²) in [7, 11) is -3.31. The largest absolute Gasteiger partial charge is 0.343 e. The number of hydrogen-bond donors (Lipinski definition) is 1. The molecule has 1 saturated carbocycles. The van der Waals surface area contributed by atoms with Crippen molar-refractivity contribution < 1.29 is 13.2 Å². The molecule has 1 amide bonds. The van der Waals surface area contributed by atoms with E-state index in [2.05, 4.69) is 20.9 Å². The highest BCUT2D eigenvalue weighted by Gasteiger charge is 2.59. The van der Waals surface area contributed by atoms with Gasteiger partial charge in [-0.2, -0.15) is 4.31 Å². The number of aryl methyl sites for hydroxylation is 1. The number of anilines is 1. The molecule has 3 aromatic rings. The lowest BCUT2D eigenvalue weighted by Gasteiger charge is -2.26. The number of nitrogens with zero attached hydrogens (tertiary/aromatic N) is 4. The monoisotopic (exact) mass is 525 g/mol. The number of carbonyl (C=O) groups excluding carboxylic acids is 1. The molecular formula is C26H28ClN5O3S. The van der Waals surface area contributed by atoms with Crippen molar-refractivity contribution in [3.05, 3.63) is 59.0 Å². The van der Waals surface area contributed by atoms with E-state index in [9.17, 15) is 13.2 Å². The van der Waals surface area contributed by atoms with Gasteiger partial charge in [-0.1, -0.05) is 11.6 Å². The van der Waals surface area contributed by atoms with Crippen molar-refractivity contribution in [3.8, 4) is 0 Å². The lowest BCUT2D eigenvalue weighted by atomic mass is 9.99. The molecule has 188 valence electrons. The first-order valence-corrected chi connectivity index (χ1v) is 14.6. The fourth-order valence-electron chi connectivity index (χ4n) is 6.50. The summed E-state index contributed by atoms with van der Waals surface area (Å²) in [4.78, 5) is 19.6. The number of nitrogens with one attached hydrogen (secondary N) is 1. The van der Waals surface area contributed by atoms with Gasteiger partial charge in [0.05, 0.1) is 29.6 Å². The third-order valence-corrected chi connectivity index (χ3v) is 10.6. The number of aromatic nitrogens is 2. The number of carbonyl (C=O) groups is 1. The minimum Gasteiger partial charge on any atom is -0.343 e. The third-order valence-electron chi connectivity index (χ3n) is 8.43. The zero-order valence-corrected chi connectivity index (χ0v) is 21.4. The van der Waals surface area contributed by atoms with Crippen LogP contribution in [0.3, 0.4) is 0 Å². The summed E-state index contributed by atoms with van der Waals surface area (Å²) in [6, 6.07) is 10.2. The molecule has 2 bridgehead atoms. The number of benzene rings is 1. The maximum Gasteiger partial charge on any atom is 0.238 e. The molecule has 1 aliphatic carbocycles. The Labute approximate surface area is 215 Å². The van der Waals surface area contributed by atoms with E-state index in [0.29, 0.717) is 37.1 Å². The fraction of sp³-hybridized carbons (Fsp3) is 0.462. The van der Waals surface area contributed by atoms with E-state index in [1.807, 2.05) is 29.2 Å². The Balaban J connectivity index is 1.17. The number of rotatable bonds is 7. The zero-order chi connectivity index (χ0) is 24.7. The van der Waals surface area contributed by atoms with Gasteiger partial charge in [-0.15, -0.1) is 0 Å². The average molecular weight is 526 g/mol. The Morgan fingerprint density at radius 1 is 1.19 bits per heavy atom. The Kier molecular flexibility index (Phi) is 5.06. The van der Waals surface area contributed by atoms with Crippen molar-refractivity contribution in [1.82, 2.24) is 19.2 Å². The fourth-order valence-corrected chi connectivity index (χ4v) is 8.43. The zero-order valence-electron chi connectivity index (χ0n) is 19.9. The molecule has 4 aliphatic rings. The van der Waals surface area contributed by atoms with E-state index >= 15 is 0 Å². The van der Waals surface area contributed by atoms with Crippen molar-refractivity contribution in [1.29, 1.82) is 0 Å². The highest BCUT2D eigenvalue weighted by atomic mass is 35.5. The van der Waals surface area contributed by atoms with Crippen molar-refractivity contribution in [2.75, 3.05) is 23.7 Å². The van der Waals surface area contributed by atoms with E-state index in [1.54, 1.807) is 16.7 Å². The van der Waals surface area contributed by atoms with Crippen LogP contribution in [-0.4, -0.2) is 59.1 Å². The second kappa shape index (κ2) is 8.02. The minimum absolute atomic E-state index is 0.0923. The molecule has 3 aliphatic heterocycles. The number of fused-ring (bicyclic) bond motifs is 5. The van der Waals surface area contributed by atoms with Crippen LogP contribution in [0.2, 0.25) is 5.02 Å². The van der Waals surface area contributed by atoms with Gasteiger partial charge in [0, 0.05) is 59.5 Å². The summed E-state index contributed by atoms with van der Waals surface area (Å²) in [6.07, 6.45) is 6.72. The lowest BCUT2D eigenvalue weighted by molar-refractivity contribution is -0.120. The molecule has 2 atom stereocenters. The Bertz CT molecular complexity index is 1500. The topological polar surface area (TPSA) is 87.5 Å². The third kappa shape index (κ3) is 3.44.